The number of nitrogens with zero attached hydrogens (tertiary/aromatic N) is 2. The summed E-state index contributed by atoms with van der Waals surface area (Å²) in [5.74, 6) is -0.0694. The Bertz CT molecular complexity index is 679. The zero-order valence-corrected chi connectivity index (χ0v) is 11.8. The van der Waals surface area contributed by atoms with Crippen molar-refractivity contribution in [1.82, 2.24) is 9.88 Å². The van der Waals surface area contributed by atoms with Gasteiger partial charge in [0.05, 0.1) is 0 Å². The second kappa shape index (κ2) is 5.25. The molecule has 4 heteroatoms. The van der Waals surface area contributed by atoms with E-state index >= 15 is 0 Å². The average molecular weight is 287 g/mol. The molecule has 3 rings (SSSR count). The van der Waals surface area contributed by atoms with Gasteiger partial charge in [0.2, 0.25) is 0 Å². The van der Waals surface area contributed by atoms with Crippen LogP contribution < -0.4 is 0 Å². The standard InChI is InChI=1S/C16H15ClN2O/c1-2-9-19(12-7-8-12)16(20)14-10-11-5-3-4-6-13(11)15(17)18-14/h2-6,10,12H,1,7-9H2. The lowest BCUT2D eigenvalue weighted by Gasteiger charge is -2.20. The maximum absolute atomic E-state index is 12.6. The van der Waals surface area contributed by atoms with Crippen LogP contribution in [-0.2, 0) is 0 Å². The second-order valence-electron chi connectivity index (χ2n) is 5.00. The molecule has 102 valence electrons. The van der Waals surface area contributed by atoms with Gasteiger partial charge in [0.1, 0.15) is 10.8 Å². The highest BCUT2D eigenvalue weighted by molar-refractivity contribution is 6.34. The monoisotopic (exact) mass is 286 g/mol. The van der Waals surface area contributed by atoms with E-state index in [-0.39, 0.29) is 5.91 Å². The first-order valence-electron chi connectivity index (χ1n) is 6.68. The number of aromatic nitrogens is 1. The molecule has 1 aliphatic rings. The van der Waals surface area contributed by atoms with Gasteiger partial charge in [-0.25, -0.2) is 4.98 Å². The lowest BCUT2D eigenvalue weighted by Crippen LogP contribution is -2.33. The van der Waals surface area contributed by atoms with E-state index in [0.717, 1.165) is 23.6 Å². The number of benzene rings is 1. The van der Waals surface area contributed by atoms with E-state index in [2.05, 4.69) is 11.6 Å². The molecule has 1 aromatic carbocycles. The predicted octanol–water partition coefficient (Wildman–Crippen LogP) is 3.68. The van der Waals surface area contributed by atoms with Crippen molar-refractivity contribution in [3.8, 4) is 0 Å². The number of fused-ring (bicyclic) bond motifs is 1. The fraction of sp³-hybridized carbons (Fsp3) is 0.250. The van der Waals surface area contributed by atoms with Crippen LogP contribution in [0.1, 0.15) is 23.3 Å². The molecule has 0 unspecified atom stereocenters. The van der Waals surface area contributed by atoms with E-state index in [1.54, 1.807) is 6.08 Å². The van der Waals surface area contributed by atoms with Crippen molar-refractivity contribution in [3.63, 3.8) is 0 Å². The summed E-state index contributed by atoms with van der Waals surface area (Å²) in [4.78, 5) is 18.6. The predicted molar refractivity (Wildman–Crippen MR) is 81.0 cm³/mol. The molecule has 2 aromatic rings. The molecule has 1 heterocycles. The van der Waals surface area contributed by atoms with Crippen LogP contribution in [-0.4, -0.2) is 28.4 Å². The van der Waals surface area contributed by atoms with Gasteiger partial charge in [-0.15, -0.1) is 6.58 Å². The van der Waals surface area contributed by atoms with E-state index in [4.69, 9.17) is 11.6 Å². The van der Waals surface area contributed by atoms with E-state index in [0.29, 0.717) is 23.4 Å². The first-order valence-corrected chi connectivity index (χ1v) is 7.05. The highest BCUT2D eigenvalue weighted by Gasteiger charge is 2.32. The van der Waals surface area contributed by atoms with Crippen LogP contribution in [0.5, 0.6) is 0 Å². The Labute approximate surface area is 122 Å². The molecule has 0 saturated heterocycles. The summed E-state index contributed by atoms with van der Waals surface area (Å²) in [6.07, 6.45) is 3.86. The second-order valence-corrected chi connectivity index (χ2v) is 5.35. The molecular formula is C16H15ClN2O. The number of carbonyl (C=O) groups is 1. The van der Waals surface area contributed by atoms with Gasteiger partial charge in [0.25, 0.3) is 5.91 Å². The zero-order valence-electron chi connectivity index (χ0n) is 11.1. The number of pyridine rings is 1. The van der Waals surface area contributed by atoms with Crippen LogP contribution in [0, 0.1) is 0 Å². The van der Waals surface area contributed by atoms with E-state index < -0.39 is 0 Å². The van der Waals surface area contributed by atoms with E-state index in [1.807, 2.05) is 35.2 Å². The quantitative estimate of drug-likeness (QED) is 0.634. The van der Waals surface area contributed by atoms with Gasteiger partial charge in [0, 0.05) is 18.0 Å². The van der Waals surface area contributed by atoms with Crippen LogP contribution >= 0.6 is 11.6 Å². The summed E-state index contributed by atoms with van der Waals surface area (Å²) in [6, 6.07) is 9.81. The minimum Gasteiger partial charge on any atom is -0.331 e. The lowest BCUT2D eigenvalue weighted by atomic mass is 10.1. The molecule has 0 N–H and O–H groups in total. The number of hydrogen-bond donors (Lipinski definition) is 0. The number of rotatable bonds is 4. The van der Waals surface area contributed by atoms with Gasteiger partial charge >= 0.3 is 0 Å². The van der Waals surface area contributed by atoms with Crippen molar-refractivity contribution >= 4 is 28.3 Å². The number of amides is 1. The number of hydrogen-bond acceptors (Lipinski definition) is 2. The Morgan fingerprint density at radius 3 is 2.90 bits per heavy atom. The largest absolute Gasteiger partial charge is 0.331 e. The SMILES string of the molecule is C=CCN(C(=O)c1cc2ccccc2c(Cl)n1)C1CC1. The Hall–Kier alpha value is -1.87. The topological polar surface area (TPSA) is 33.2 Å². The van der Waals surface area contributed by atoms with Crippen LogP contribution in [0.15, 0.2) is 43.0 Å². The molecule has 1 fully saturated rings. The molecule has 20 heavy (non-hydrogen) atoms. The molecule has 0 bridgehead atoms. The molecule has 1 amide bonds. The molecule has 3 nitrogen and oxygen atoms in total. The minimum absolute atomic E-state index is 0.0694. The van der Waals surface area contributed by atoms with Crippen molar-refractivity contribution in [3.05, 3.63) is 53.8 Å². The van der Waals surface area contributed by atoms with Gasteiger partial charge in [-0.05, 0) is 24.3 Å². The van der Waals surface area contributed by atoms with Crippen LogP contribution in [0.3, 0.4) is 0 Å². The Kier molecular flexibility index (Phi) is 3.45. The first kappa shape index (κ1) is 13.1. The number of carbonyl (C=O) groups excluding carboxylic acids is 1. The van der Waals surface area contributed by atoms with Gasteiger partial charge in [-0.1, -0.05) is 41.9 Å². The third kappa shape index (κ3) is 2.41. The van der Waals surface area contributed by atoms with Crippen LogP contribution in [0.4, 0.5) is 0 Å². The van der Waals surface area contributed by atoms with Gasteiger partial charge in [-0.2, -0.15) is 0 Å². The summed E-state index contributed by atoms with van der Waals surface area (Å²) in [5.41, 5.74) is 0.405. The summed E-state index contributed by atoms with van der Waals surface area (Å²) >= 11 is 6.18. The maximum Gasteiger partial charge on any atom is 0.273 e. The average Bonchev–Trinajstić information content (AvgIpc) is 3.28. The summed E-state index contributed by atoms with van der Waals surface area (Å²) in [6.45, 7) is 4.27. The Balaban J connectivity index is 2.00. The normalized spacial score (nSPS) is 14.2. The molecule has 0 aliphatic heterocycles. The van der Waals surface area contributed by atoms with E-state index in [9.17, 15) is 4.79 Å². The third-order valence-corrected chi connectivity index (χ3v) is 3.78. The summed E-state index contributed by atoms with van der Waals surface area (Å²) < 4.78 is 0. The van der Waals surface area contributed by atoms with Crippen molar-refractivity contribution in [2.24, 2.45) is 0 Å². The van der Waals surface area contributed by atoms with Gasteiger partial charge in [0.15, 0.2) is 0 Å². The van der Waals surface area contributed by atoms with Crippen molar-refractivity contribution < 1.29 is 4.79 Å². The minimum atomic E-state index is -0.0694. The fourth-order valence-electron chi connectivity index (χ4n) is 2.34. The molecule has 0 spiro atoms. The summed E-state index contributed by atoms with van der Waals surface area (Å²) in [7, 11) is 0. The Morgan fingerprint density at radius 2 is 2.20 bits per heavy atom. The van der Waals surface area contributed by atoms with Crippen molar-refractivity contribution in [2.75, 3.05) is 6.54 Å². The van der Waals surface area contributed by atoms with Crippen molar-refractivity contribution in [1.29, 1.82) is 0 Å². The molecule has 0 atom stereocenters. The molecule has 0 radical (unpaired) electrons. The Morgan fingerprint density at radius 1 is 1.45 bits per heavy atom. The van der Waals surface area contributed by atoms with Crippen molar-refractivity contribution in [2.45, 2.75) is 18.9 Å². The number of halogens is 1. The lowest BCUT2D eigenvalue weighted by molar-refractivity contribution is 0.0757. The molecular weight excluding hydrogens is 272 g/mol. The van der Waals surface area contributed by atoms with E-state index in [1.165, 1.54) is 0 Å². The zero-order chi connectivity index (χ0) is 14.1. The smallest absolute Gasteiger partial charge is 0.273 e. The third-order valence-electron chi connectivity index (χ3n) is 3.49. The van der Waals surface area contributed by atoms with Crippen LogP contribution in [0.2, 0.25) is 5.15 Å². The first-order chi connectivity index (χ1) is 9.70. The van der Waals surface area contributed by atoms with Gasteiger partial charge in [-0.3, -0.25) is 4.79 Å². The molecule has 1 aliphatic carbocycles. The highest BCUT2D eigenvalue weighted by atomic mass is 35.5. The maximum atomic E-state index is 12.6. The van der Waals surface area contributed by atoms with Crippen LogP contribution in [0.25, 0.3) is 10.8 Å². The fourth-order valence-corrected chi connectivity index (χ4v) is 2.60. The van der Waals surface area contributed by atoms with Gasteiger partial charge < -0.3 is 4.90 Å². The molecule has 1 aromatic heterocycles. The summed E-state index contributed by atoms with van der Waals surface area (Å²) in [5, 5.41) is 2.18. The molecule has 1 saturated carbocycles. The highest BCUT2D eigenvalue weighted by Crippen LogP contribution is 2.29.